The maximum Gasteiger partial charge on any atom is 0.194 e. The fraction of sp³-hybridized carbons (Fsp3) is 0. The van der Waals surface area contributed by atoms with Crippen molar-refractivity contribution in [2.45, 2.75) is 0 Å². The zero-order valence-electron chi connectivity index (χ0n) is 16.7. The highest BCUT2D eigenvalue weighted by Crippen LogP contribution is 2.42. The number of rotatable bonds is 0. The SMILES string of the molecule is O=c1c2ccccc2c2[nH]c3ccc4c(=O)c5ccccc5c5[nH]c6ccc1c2c6c3c45. The molecule has 0 bridgehead atoms. The molecule has 0 fully saturated rings. The van der Waals surface area contributed by atoms with Crippen LogP contribution in [0.5, 0.6) is 0 Å². The van der Waals surface area contributed by atoms with Crippen LogP contribution in [-0.2, 0) is 0 Å². The van der Waals surface area contributed by atoms with Crippen LogP contribution in [0.1, 0.15) is 0 Å². The Morgan fingerprint density at radius 1 is 0.406 bits per heavy atom. The molecular weight excluding hydrogens is 396 g/mol. The number of pyridine rings is 2. The fourth-order valence-electron chi connectivity index (χ4n) is 5.72. The van der Waals surface area contributed by atoms with Gasteiger partial charge in [0.2, 0.25) is 0 Å². The van der Waals surface area contributed by atoms with Gasteiger partial charge in [-0.1, -0.05) is 48.5 Å². The molecule has 0 atom stereocenters. The topological polar surface area (TPSA) is 65.7 Å². The molecular formula is C28H14N2O2. The minimum Gasteiger partial charge on any atom is -0.354 e. The van der Waals surface area contributed by atoms with Crippen molar-refractivity contribution in [3.05, 3.63) is 93.2 Å². The quantitative estimate of drug-likeness (QED) is 0.237. The highest BCUT2D eigenvalue weighted by molar-refractivity contribution is 6.37. The van der Waals surface area contributed by atoms with E-state index in [-0.39, 0.29) is 10.9 Å². The molecule has 32 heavy (non-hydrogen) atoms. The van der Waals surface area contributed by atoms with Crippen molar-refractivity contribution in [3.63, 3.8) is 0 Å². The normalized spacial score (nSPS) is 12.6. The van der Waals surface area contributed by atoms with Crippen molar-refractivity contribution in [3.8, 4) is 0 Å². The summed E-state index contributed by atoms with van der Waals surface area (Å²) in [4.78, 5) is 34.0. The summed E-state index contributed by atoms with van der Waals surface area (Å²) in [7, 11) is 0. The molecule has 0 aliphatic carbocycles. The first-order valence-corrected chi connectivity index (χ1v) is 10.6. The smallest absolute Gasteiger partial charge is 0.194 e. The lowest BCUT2D eigenvalue weighted by atomic mass is 9.90. The van der Waals surface area contributed by atoms with Gasteiger partial charge in [0.25, 0.3) is 0 Å². The number of nitrogens with one attached hydrogen (secondary N) is 2. The van der Waals surface area contributed by atoms with Crippen molar-refractivity contribution < 1.29 is 0 Å². The van der Waals surface area contributed by atoms with Crippen molar-refractivity contribution in [1.82, 2.24) is 9.97 Å². The Labute approximate surface area is 179 Å². The van der Waals surface area contributed by atoms with Crippen molar-refractivity contribution in [1.29, 1.82) is 0 Å². The van der Waals surface area contributed by atoms with Gasteiger partial charge in [-0.3, -0.25) is 9.59 Å². The summed E-state index contributed by atoms with van der Waals surface area (Å²) in [5.41, 5.74) is 3.89. The molecule has 0 saturated carbocycles. The van der Waals surface area contributed by atoms with Crippen molar-refractivity contribution in [2.75, 3.05) is 0 Å². The monoisotopic (exact) mass is 410 g/mol. The molecule has 2 N–H and O–H groups in total. The predicted octanol–water partition coefficient (Wildman–Crippen LogP) is 6.01. The molecule has 8 rings (SSSR count). The Morgan fingerprint density at radius 2 is 0.812 bits per heavy atom. The number of H-pyrrole nitrogens is 2. The average molecular weight is 410 g/mol. The lowest BCUT2D eigenvalue weighted by molar-refractivity contribution is 1.49. The number of fused-ring (bicyclic) bond motifs is 4. The molecule has 0 unspecified atom stereocenters. The van der Waals surface area contributed by atoms with Crippen molar-refractivity contribution in [2.24, 2.45) is 0 Å². The Balaban J connectivity index is 1.81. The first-order valence-electron chi connectivity index (χ1n) is 10.6. The van der Waals surface area contributed by atoms with Crippen LogP contribution in [0.2, 0.25) is 0 Å². The number of hydrogen-bond acceptors (Lipinski definition) is 2. The van der Waals surface area contributed by atoms with Gasteiger partial charge in [-0.25, -0.2) is 0 Å². The lowest BCUT2D eigenvalue weighted by Crippen LogP contribution is -2.07. The minimum atomic E-state index is 0.0356. The van der Waals surface area contributed by atoms with Gasteiger partial charge in [0.05, 0.1) is 11.0 Å². The molecule has 0 saturated heterocycles. The van der Waals surface area contributed by atoms with Crippen LogP contribution in [0.4, 0.5) is 0 Å². The van der Waals surface area contributed by atoms with E-state index in [1.165, 1.54) is 0 Å². The number of aromatic amines is 2. The van der Waals surface area contributed by atoms with E-state index in [0.29, 0.717) is 21.5 Å². The Morgan fingerprint density at radius 3 is 1.25 bits per heavy atom. The molecule has 0 aliphatic heterocycles. The van der Waals surface area contributed by atoms with Gasteiger partial charge in [-0.05, 0) is 24.3 Å². The zero-order valence-corrected chi connectivity index (χ0v) is 16.7. The van der Waals surface area contributed by atoms with Gasteiger partial charge in [0.15, 0.2) is 10.9 Å². The molecule has 0 amide bonds. The van der Waals surface area contributed by atoms with Gasteiger partial charge in [-0.15, -0.1) is 0 Å². The maximum absolute atomic E-state index is 13.4. The molecule has 4 nitrogen and oxygen atoms in total. The van der Waals surface area contributed by atoms with E-state index >= 15 is 0 Å². The standard InChI is InChI=1S/C28H14N2O2/c31-27-15-7-3-1-5-13(15)25-21-17(27)9-12-20-23(21)24-19(29-25)11-10-18-22(24)26(30-20)14-6-2-4-8-16(14)28(18)32/h1-12,29-30H. The Kier molecular flexibility index (Phi) is 2.66. The molecule has 2 heterocycles. The second kappa shape index (κ2) is 5.24. The second-order valence-electron chi connectivity index (χ2n) is 8.57. The van der Waals surface area contributed by atoms with Crippen LogP contribution in [0, 0.1) is 0 Å². The second-order valence-corrected chi connectivity index (χ2v) is 8.57. The lowest BCUT2D eigenvalue weighted by Gasteiger charge is -2.18. The van der Waals surface area contributed by atoms with E-state index in [2.05, 4.69) is 9.97 Å². The van der Waals surface area contributed by atoms with E-state index in [1.54, 1.807) is 0 Å². The van der Waals surface area contributed by atoms with Crippen molar-refractivity contribution >= 4 is 75.9 Å². The van der Waals surface area contributed by atoms with E-state index in [4.69, 9.17) is 0 Å². The van der Waals surface area contributed by atoms with Gasteiger partial charge in [-0.2, -0.15) is 0 Å². The van der Waals surface area contributed by atoms with Gasteiger partial charge < -0.3 is 9.97 Å². The van der Waals surface area contributed by atoms with Crippen LogP contribution in [-0.4, -0.2) is 9.97 Å². The third kappa shape index (κ3) is 1.69. The van der Waals surface area contributed by atoms with Gasteiger partial charge in [0.1, 0.15) is 0 Å². The first-order chi connectivity index (χ1) is 15.7. The molecule has 148 valence electrons. The third-order valence-corrected chi connectivity index (χ3v) is 7.05. The van der Waals surface area contributed by atoms with Crippen LogP contribution in [0.3, 0.4) is 0 Å². The third-order valence-electron chi connectivity index (χ3n) is 7.05. The highest BCUT2D eigenvalue weighted by atomic mass is 16.1. The minimum absolute atomic E-state index is 0.0356. The van der Waals surface area contributed by atoms with E-state index < -0.39 is 0 Å². The molecule has 6 aromatic carbocycles. The zero-order chi connectivity index (χ0) is 21.1. The van der Waals surface area contributed by atoms with E-state index in [9.17, 15) is 9.59 Å². The molecule has 8 aromatic rings. The van der Waals surface area contributed by atoms with E-state index in [0.717, 1.165) is 54.4 Å². The average Bonchev–Trinajstić information content (AvgIpc) is 2.85. The molecule has 0 aliphatic rings. The van der Waals surface area contributed by atoms with Crippen LogP contribution >= 0.6 is 0 Å². The Hall–Kier alpha value is -4.44. The fourth-order valence-corrected chi connectivity index (χ4v) is 5.72. The number of aromatic nitrogens is 2. The largest absolute Gasteiger partial charge is 0.354 e. The molecule has 0 spiro atoms. The number of hydrogen-bond donors (Lipinski definition) is 2. The summed E-state index contributed by atoms with van der Waals surface area (Å²) in [5, 5.41) is 8.49. The summed E-state index contributed by atoms with van der Waals surface area (Å²) in [6, 6.07) is 23.3. The Bertz CT molecular complexity index is 2030. The van der Waals surface area contributed by atoms with Crippen LogP contribution in [0.25, 0.3) is 75.9 Å². The summed E-state index contributed by atoms with van der Waals surface area (Å²) in [5.74, 6) is 0. The summed E-state index contributed by atoms with van der Waals surface area (Å²) >= 11 is 0. The van der Waals surface area contributed by atoms with Crippen LogP contribution in [0.15, 0.2) is 82.4 Å². The summed E-state index contributed by atoms with van der Waals surface area (Å²) < 4.78 is 0. The summed E-state index contributed by atoms with van der Waals surface area (Å²) in [6.45, 7) is 0. The molecule has 4 heteroatoms. The van der Waals surface area contributed by atoms with Gasteiger partial charge in [0, 0.05) is 64.9 Å². The van der Waals surface area contributed by atoms with E-state index in [1.807, 2.05) is 72.8 Å². The highest BCUT2D eigenvalue weighted by Gasteiger charge is 2.21. The number of benzene rings is 6. The molecule has 0 radical (unpaired) electrons. The predicted molar refractivity (Wildman–Crippen MR) is 133 cm³/mol. The first kappa shape index (κ1) is 16.3. The summed E-state index contributed by atoms with van der Waals surface area (Å²) in [6.07, 6.45) is 0. The van der Waals surface area contributed by atoms with Gasteiger partial charge >= 0.3 is 0 Å². The molecule has 2 aromatic heterocycles. The van der Waals surface area contributed by atoms with Crippen LogP contribution < -0.4 is 10.9 Å². The maximum atomic E-state index is 13.4.